The Labute approximate surface area is 141 Å². The lowest BCUT2D eigenvalue weighted by Crippen LogP contribution is -2.22. The first-order valence-corrected chi connectivity index (χ1v) is 8.36. The monoisotopic (exact) mass is 331 g/mol. The maximum absolute atomic E-state index is 8.85. The lowest BCUT2D eigenvalue weighted by Gasteiger charge is -2.23. The minimum atomic E-state index is 0.154. The Balaban J connectivity index is 2.51. The molecule has 1 heterocycles. The van der Waals surface area contributed by atoms with Crippen LogP contribution >= 0.6 is 11.8 Å². The van der Waals surface area contributed by atoms with Gasteiger partial charge in [-0.1, -0.05) is 18.7 Å². The number of thioether (sulfide) groups is 1. The number of hydrogen-bond acceptors (Lipinski definition) is 6. The lowest BCUT2D eigenvalue weighted by atomic mass is 10.2. The number of nitriles is 1. The summed E-state index contributed by atoms with van der Waals surface area (Å²) in [6.45, 7) is 2.12. The predicted molar refractivity (Wildman–Crippen MR) is 91.0 cm³/mol. The summed E-state index contributed by atoms with van der Waals surface area (Å²) < 4.78 is 7.25. The average Bonchev–Trinajstić information content (AvgIpc) is 2.97. The summed E-state index contributed by atoms with van der Waals surface area (Å²) in [6.07, 6.45) is 0.921. The SMILES string of the molecule is CCC(c1nnc(SCC#N)n1-c1ccc(OC)cc1)N(C)C. The van der Waals surface area contributed by atoms with Gasteiger partial charge >= 0.3 is 0 Å². The Kier molecular flexibility index (Phi) is 6.02. The van der Waals surface area contributed by atoms with Gasteiger partial charge in [0, 0.05) is 5.69 Å². The van der Waals surface area contributed by atoms with Crippen LogP contribution in [-0.2, 0) is 0 Å². The van der Waals surface area contributed by atoms with Gasteiger partial charge < -0.3 is 4.74 Å². The van der Waals surface area contributed by atoms with Crippen molar-refractivity contribution in [2.24, 2.45) is 0 Å². The first-order chi connectivity index (χ1) is 11.1. The van der Waals surface area contributed by atoms with E-state index < -0.39 is 0 Å². The first kappa shape index (κ1) is 17.3. The zero-order valence-electron chi connectivity index (χ0n) is 13.9. The Hall–Kier alpha value is -2.04. The molecule has 1 aromatic heterocycles. The van der Waals surface area contributed by atoms with Gasteiger partial charge in [-0.3, -0.25) is 9.47 Å². The molecule has 0 spiro atoms. The van der Waals surface area contributed by atoms with Gasteiger partial charge in [0.05, 0.1) is 25.0 Å². The number of methoxy groups -OCH3 is 1. The van der Waals surface area contributed by atoms with Gasteiger partial charge in [-0.2, -0.15) is 5.26 Å². The minimum Gasteiger partial charge on any atom is -0.497 e. The van der Waals surface area contributed by atoms with Crippen LogP contribution < -0.4 is 4.74 Å². The van der Waals surface area contributed by atoms with Gasteiger partial charge in [0.2, 0.25) is 0 Å². The fraction of sp³-hybridized carbons (Fsp3) is 0.438. The summed E-state index contributed by atoms with van der Waals surface area (Å²) >= 11 is 1.39. The van der Waals surface area contributed by atoms with Crippen LogP contribution in [-0.4, -0.2) is 46.6 Å². The highest BCUT2D eigenvalue weighted by molar-refractivity contribution is 7.99. The normalized spacial score (nSPS) is 12.2. The van der Waals surface area contributed by atoms with Gasteiger partial charge in [0.15, 0.2) is 11.0 Å². The summed E-state index contributed by atoms with van der Waals surface area (Å²) in [5.74, 6) is 2.02. The van der Waals surface area contributed by atoms with Gasteiger partial charge in [0.25, 0.3) is 0 Å². The van der Waals surface area contributed by atoms with Crippen LogP contribution in [0.2, 0.25) is 0 Å². The van der Waals surface area contributed by atoms with Crippen LogP contribution in [0.5, 0.6) is 5.75 Å². The highest BCUT2D eigenvalue weighted by Crippen LogP contribution is 2.29. The summed E-state index contributed by atoms with van der Waals surface area (Å²) in [6, 6.07) is 10.1. The molecule has 6 nitrogen and oxygen atoms in total. The van der Waals surface area contributed by atoms with Crippen molar-refractivity contribution in [3.63, 3.8) is 0 Å². The number of ether oxygens (including phenoxy) is 1. The average molecular weight is 331 g/mol. The molecule has 1 unspecified atom stereocenters. The van der Waals surface area contributed by atoms with Crippen molar-refractivity contribution in [3.8, 4) is 17.5 Å². The van der Waals surface area contributed by atoms with E-state index in [-0.39, 0.29) is 6.04 Å². The fourth-order valence-electron chi connectivity index (χ4n) is 2.44. The molecule has 1 atom stereocenters. The first-order valence-electron chi connectivity index (χ1n) is 7.38. The van der Waals surface area contributed by atoms with Gasteiger partial charge in [-0.15, -0.1) is 10.2 Å². The van der Waals surface area contributed by atoms with E-state index in [1.807, 2.05) is 42.9 Å². The van der Waals surface area contributed by atoms with Crippen molar-refractivity contribution < 1.29 is 4.74 Å². The van der Waals surface area contributed by atoms with Crippen LogP contribution in [0.4, 0.5) is 0 Å². The third-order valence-corrected chi connectivity index (χ3v) is 4.36. The molecule has 122 valence electrons. The van der Waals surface area contributed by atoms with E-state index in [0.29, 0.717) is 5.75 Å². The molecule has 0 radical (unpaired) electrons. The van der Waals surface area contributed by atoms with Crippen LogP contribution in [0, 0.1) is 11.3 Å². The smallest absolute Gasteiger partial charge is 0.196 e. The topological polar surface area (TPSA) is 67.0 Å². The van der Waals surface area contributed by atoms with Crippen molar-refractivity contribution in [3.05, 3.63) is 30.1 Å². The largest absolute Gasteiger partial charge is 0.497 e. The minimum absolute atomic E-state index is 0.154. The molecular weight excluding hydrogens is 310 g/mol. The second-order valence-electron chi connectivity index (χ2n) is 5.21. The fourth-order valence-corrected chi connectivity index (χ4v) is 3.06. The molecule has 0 N–H and O–H groups in total. The molecule has 23 heavy (non-hydrogen) atoms. The number of aromatic nitrogens is 3. The molecule has 0 aliphatic heterocycles. The van der Waals surface area contributed by atoms with E-state index in [2.05, 4.69) is 28.1 Å². The number of benzene rings is 1. The standard InChI is InChI=1S/C16H21N5OS/c1-5-14(20(2)3)15-18-19-16(23-11-10-17)21(15)12-6-8-13(22-4)9-7-12/h6-9,14H,5,11H2,1-4H3. The van der Waals surface area contributed by atoms with Crippen LogP contribution in [0.3, 0.4) is 0 Å². The molecule has 0 saturated carbocycles. The van der Waals surface area contributed by atoms with Crippen LogP contribution in [0.1, 0.15) is 25.2 Å². The van der Waals surface area contributed by atoms with E-state index in [9.17, 15) is 0 Å². The molecule has 0 amide bonds. The molecule has 2 aromatic rings. The molecule has 7 heteroatoms. The molecule has 0 aliphatic rings. The van der Waals surface area contributed by atoms with Gasteiger partial charge in [-0.05, 0) is 44.8 Å². The van der Waals surface area contributed by atoms with Crippen LogP contribution in [0.15, 0.2) is 29.4 Å². The number of nitrogens with zero attached hydrogens (tertiary/aromatic N) is 5. The molecule has 2 rings (SSSR count). The van der Waals surface area contributed by atoms with Gasteiger partial charge in [0.1, 0.15) is 5.75 Å². The molecule has 0 aliphatic carbocycles. The Morgan fingerprint density at radius 3 is 2.52 bits per heavy atom. The third kappa shape index (κ3) is 3.84. The second-order valence-corrected chi connectivity index (χ2v) is 6.15. The van der Waals surface area contributed by atoms with E-state index in [0.717, 1.165) is 28.8 Å². The lowest BCUT2D eigenvalue weighted by molar-refractivity contribution is 0.276. The van der Waals surface area contributed by atoms with E-state index in [1.54, 1.807) is 7.11 Å². The van der Waals surface area contributed by atoms with Crippen molar-refractivity contribution >= 4 is 11.8 Å². The van der Waals surface area contributed by atoms with Crippen molar-refractivity contribution in [2.45, 2.75) is 24.5 Å². The summed E-state index contributed by atoms with van der Waals surface area (Å²) in [5.41, 5.74) is 0.964. The highest BCUT2D eigenvalue weighted by atomic mass is 32.2. The number of hydrogen-bond donors (Lipinski definition) is 0. The van der Waals surface area contributed by atoms with E-state index >= 15 is 0 Å². The maximum Gasteiger partial charge on any atom is 0.196 e. The van der Waals surface area contributed by atoms with Crippen LogP contribution in [0.25, 0.3) is 5.69 Å². The quantitative estimate of drug-likeness (QED) is 0.727. The highest BCUT2D eigenvalue weighted by Gasteiger charge is 2.23. The Morgan fingerprint density at radius 2 is 2.00 bits per heavy atom. The third-order valence-electron chi connectivity index (χ3n) is 3.56. The maximum atomic E-state index is 8.85. The van der Waals surface area contributed by atoms with Crippen molar-refractivity contribution in [1.82, 2.24) is 19.7 Å². The molecule has 0 bridgehead atoms. The summed E-state index contributed by atoms with van der Waals surface area (Å²) in [5, 5.41) is 18.3. The van der Waals surface area contributed by atoms with Crippen molar-refractivity contribution in [1.29, 1.82) is 5.26 Å². The van der Waals surface area contributed by atoms with E-state index in [4.69, 9.17) is 10.00 Å². The van der Waals surface area contributed by atoms with Gasteiger partial charge in [-0.25, -0.2) is 0 Å². The molecular formula is C16H21N5OS. The number of rotatable bonds is 7. The zero-order chi connectivity index (χ0) is 16.8. The summed E-state index contributed by atoms with van der Waals surface area (Å²) in [4.78, 5) is 2.13. The molecule has 0 fully saturated rings. The Bertz CT molecular complexity index is 675. The molecule has 0 saturated heterocycles. The van der Waals surface area contributed by atoms with Crippen molar-refractivity contribution in [2.75, 3.05) is 27.0 Å². The van der Waals surface area contributed by atoms with E-state index in [1.165, 1.54) is 11.8 Å². The zero-order valence-corrected chi connectivity index (χ0v) is 14.7. The second kappa shape index (κ2) is 7.99. The molecule has 1 aromatic carbocycles. The Morgan fingerprint density at radius 1 is 1.30 bits per heavy atom. The summed E-state index contributed by atoms with van der Waals surface area (Å²) in [7, 11) is 5.71. The predicted octanol–water partition coefficient (Wildman–Crippen LogP) is 2.90.